The number of aliphatic hydroxyl groups excluding tert-OH is 1. The number of nitrogens with zero attached hydrogens (tertiary/aromatic N) is 2. The van der Waals surface area contributed by atoms with Gasteiger partial charge in [-0.05, 0) is 72.4 Å². The summed E-state index contributed by atoms with van der Waals surface area (Å²) in [7, 11) is 0. The lowest BCUT2D eigenvalue weighted by molar-refractivity contribution is 0.0341. The van der Waals surface area contributed by atoms with Gasteiger partial charge in [0, 0.05) is 41.0 Å². The van der Waals surface area contributed by atoms with Crippen LogP contribution < -0.4 is 10.6 Å². The molecule has 0 saturated carbocycles. The van der Waals surface area contributed by atoms with E-state index in [1.165, 1.54) is 4.90 Å². The Labute approximate surface area is 229 Å². The molecule has 0 aliphatic carbocycles. The van der Waals surface area contributed by atoms with E-state index in [2.05, 4.69) is 22.8 Å². The van der Waals surface area contributed by atoms with E-state index in [1.54, 1.807) is 12.1 Å². The molecule has 0 aromatic heterocycles. The van der Waals surface area contributed by atoms with Crippen molar-refractivity contribution in [3.63, 3.8) is 0 Å². The topological polar surface area (TPSA) is 84.9 Å². The third-order valence-electron chi connectivity index (χ3n) is 7.30. The second-order valence-electron chi connectivity index (χ2n) is 9.65. The van der Waals surface area contributed by atoms with Gasteiger partial charge in [0.15, 0.2) is 6.35 Å². The lowest BCUT2D eigenvalue weighted by Gasteiger charge is -2.27. The van der Waals surface area contributed by atoms with Crippen LogP contribution in [0.1, 0.15) is 41.0 Å². The number of amides is 2. The highest BCUT2D eigenvalue weighted by molar-refractivity contribution is 6.25. The summed E-state index contributed by atoms with van der Waals surface area (Å²) >= 11 is 0. The van der Waals surface area contributed by atoms with E-state index in [0.29, 0.717) is 30.6 Å². The minimum Gasteiger partial charge on any atom is -0.385 e. The first-order valence-corrected chi connectivity index (χ1v) is 13.5. The van der Waals surface area contributed by atoms with Crippen LogP contribution in [0.15, 0.2) is 84.9 Å². The minimum absolute atomic E-state index is 0.225. The van der Waals surface area contributed by atoms with Crippen molar-refractivity contribution in [1.82, 2.24) is 9.80 Å². The molecule has 200 valence electrons. The van der Waals surface area contributed by atoms with Crippen LogP contribution in [0.5, 0.6) is 0 Å². The van der Waals surface area contributed by atoms with Gasteiger partial charge in [-0.25, -0.2) is 0 Å². The molecule has 7 heteroatoms. The van der Waals surface area contributed by atoms with E-state index in [-0.39, 0.29) is 11.8 Å². The Hall–Kier alpha value is -4.20. The molecule has 0 radical (unpaired) electrons. The van der Waals surface area contributed by atoms with Crippen LogP contribution in [-0.2, 0) is 0 Å². The lowest BCUT2D eigenvalue weighted by Crippen LogP contribution is -2.41. The zero-order valence-corrected chi connectivity index (χ0v) is 22.4. The summed E-state index contributed by atoms with van der Waals surface area (Å²) < 4.78 is 0. The van der Waals surface area contributed by atoms with Crippen LogP contribution in [0.2, 0.25) is 0 Å². The van der Waals surface area contributed by atoms with Gasteiger partial charge >= 0.3 is 0 Å². The predicted octanol–water partition coefficient (Wildman–Crippen LogP) is 5.63. The Morgan fingerprint density at radius 3 is 1.85 bits per heavy atom. The van der Waals surface area contributed by atoms with Crippen LogP contribution in [0.3, 0.4) is 0 Å². The molecule has 0 fully saturated rings. The van der Waals surface area contributed by atoms with E-state index < -0.39 is 6.35 Å². The van der Waals surface area contributed by atoms with E-state index in [9.17, 15) is 14.7 Å². The van der Waals surface area contributed by atoms with Crippen LogP contribution in [-0.4, -0.2) is 59.3 Å². The number of nitrogens with one attached hydrogen (secondary N) is 2. The Morgan fingerprint density at radius 2 is 1.31 bits per heavy atom. The van der Waals surface area contributed by atoms with Gasteiger partial charge < -0.3 is 15.7 Å². The average Bonchev–Trinajstić information content (AvgIpc) is 2.97. The van der Waals surface area contributed by atoms with Gasteiger partial charge in [-0.1, -0.05) is 62.4 Å². The molecule has 5 rings (SSSR count). The Kier molecular flexibility index (Phi) is 7.91. The molecule has 1 aliphatic heterocycles. The van der Waals surface area contributed by atoms with Gasteiger partial charge in [-0.15, -0.1) is 0 Å². The zero-order valence-electron chi connectivity index (χ0n) is 22.4. The molecular formula is C32H34N4O3. The number of rotatable bonds is 11. The van der Waals surface area contributed by atoms with Crippen molar-refractivity contribution < 1.29 is 14.7 Å². The van der Waals surface area contributed by atoms with Gasteiger partial charge in [-0.2, -0.15) is 0 Å². The number of carbonyl (C=O) groups is 2. The van der Waals surface area contributed by atoms with E-state index >= 15 is 0 Å². The Balaban J connectivity index is 1.14. The van der Waals surface area contributed by atoms with Crippen molar-refractivity contribution in [2.75, 3.05) is 36.8 Å². The van der Waals surface area contributed by atoms with Crippen molar-refractivity contribution in [1.29, 1.82) is 0 Å². The van der Waals surface area contributed by atoms with Crippen molar-refractivity contribution in [2.24, 2.45) is 0 Å². The molecule has 7 nitrogen and oxygen atoms in total. The fourth-order valence-corrected chi connectivity index (χ4v) is 5.10. The van der Waals surface area contributed by atoms with Crippen LogP contribution in [0, 0.1) is 0 Å². The molecule has 1 unspecified atom stereocenters. The summed E-state index contributed by atoms with van der Waals surface area (Å²) in [6.07, 6.45) is -0.0712. The SMILES string of the molecule is CCN(CC)C(O)Nc1ccc(-c2ccc(NCCCN3C(=O)c4cccc5cccc(c45)C3=O)cc2)cc1. The smallest absolute Gasteiger partial charge is 0.261 e. The Bertz CT molecular complexity index is 1410. The number of benzene rings is 4. The van der Waals surface area contributed by atoms with Crippen molar-refractivity contribution >= 4 is 34.0 Å². The molecular weight excluding hydrogens is 488 g/mol. The molecule has 1 aliphatic rings. The van der Waals surface area contributed by atoms with Crippen LogP contribution in [0.4, 0.5) is 11.4 Å². The third-order valence-corrected chi connectivity index (χ3v) is 7.30. The molecule has 0 saturated heterocycles. The first-order chi connectivity index (χ1) is 19.0. The quantitative estimate of drug-likeness (QED) is 0.134. The van der Waals surface area contributed by atoms with Gasteiger partial charge in [0.05, 0.1) is 0 Å². The molecule has 0 spiro atoms. The minimum atomic E-state index is -0.715. The lowest BCUT2D eigenvalue weighted by atomic mass is 9.94. The summed E-state index contributed by atoms with van der Waals surface area (Å²) in [4.78, 5) is 29.4. The van der Waals surface area contributed by atoms with E-state index in [4.69, 9.17) is 0 Å². The molecule has 4 aromatic carbocycles. The highest BCUT2D eigenvalue weighted by atomic mass is 16.3. The average molecular weight is 523 g/mol. The van der Waals surface area contributed by atoms with Gasteiger partial charge in [0.2, 0.25) is 0 Å². The fourth-order valence-electron chi connectivity index (χ4n) is 5.10. The number of carbonyl (C=O) groups excluding carboxylic acids is 2. The summed E-state index contributed by atoms with van der Waals surface area (Å²) in [5.41, 5.74) is 5.20. The standard InChI is InChI=1S/C32H34N4O3/c1-3-35(4-2)32(39)34-26-18-14-23(15-19-26)22-12-16-25(17-13-22)33-20-7-21-36-30(37)27-10-5-8-24-9-6-11-28(29(24)27)31(36)38/h5-6,8-19,32-34,39H,3-4,7,20-21H2,1-2H3. The molecule has 2 amide bonds. The van der Waals surface area contributed by atoms with Crippen LogP contribution >= 0.6 is 0 Å². The van der Waals surface area contributed by atoms with Crippen LogP contribution in [0.25, 0.3) is 21.9 Å². The number of aliphatic hydroxyl groups is 1. The summed E-state index contributed by atoms with van der Waals surface area (Å²) in [5.74, 6) is -0.449. The molecule has 1 heterocycles. The summed E-state index contributed by atoms with van der Waals surface area (Å²) in [6.45, 7) is 6.57. The second-order valence-corrected chi connectivity index (χ2v) is 9.65. The first-order valence-electron chi connectivity index (χ1n) is 13.5. The van der Waals surface area contributed by atoms with Crippen molar-refractivity contribution in [3.8, 4) is 11.1 Å². The summed E-state index contributed by atoms with van der Waals surface area (Å²) in [6, 6.07) is 27.4. The number of hydrogen-bond acceptors (Lipinski definition) is 6. The molecule has 4 aromatic rings. The highest BCUT2D eigenvalue weighted by Gasteiger charge is 2.32. The van der Waals surface area contributed by atoms with Gasteiger partial charge in [-0.3, -0.25) is 19.4 Å². The predicted molar refractivity (Wildman–Crippen MR) is 157 cm³/mol. The maximum atomic E-state index is 13.0. The largest absolute Gasteiger partial charge is 0.385 e. The number of hydrogen-bond donors (Lipinski definition) is 3. The maximum Gasteiger partial charge on any atom is 0.261 e. The first kappa shape index (κ1) is 26.4. The normalized spacial score (nSPS) is 13.7. The highest BCUT2D eigenvalue weighted by Crippen LogP contribution is 2.30. The zero-order chi connectivity index (χ0) is 27.4. The van der Waals surface area contributed by atoms with Crippen molar-refractivity contribution in [3.05, 3.63) is 96.1 Å². The van der Waals surface area contributed by atoms with E-state index in [0.717, 1.165) is 46.4 Å². The number of imide groups is 1. The molecule has 3 N–H and O–H groups in total. The molecule has 39 heavy (non-hydrogen) atoms. The monoisotopic (exact) mass is 522 g/mol. The third kappa shape index (κ3) is 5.50. The van der Waals surface area contributed by atoms with Gasteiger partial charge in [0.25, 0.3) is 11.8 Å². The fraction of sp³-hybridized carbons (Fsp3) is 0.250. The van der Waals surface area contributed by atoms with Crippen molar-refractivity contribution in [2.45, 2.75) is 26.6 Å². The van der Waals surface area contributed by atoms with Gasteiger partial charge in [0.1, 0.15) is 0 Å². The number of anilines is 2. The maximum absolute atomic E-state index is 13.0. The summed E-state index contributed by atoms with van der Waals surface area (Å²) in [5, 5.41) is 18.5. The molecule has 0 bridgehead atoms. The van der Waals surface area contributed by atoms with E-state index in [1.807, 2.05) is 79.4 Å². The molecule has 1 atom stereocenters. The second kappa shape index (κ2) is 11.7. The Morgan fingerprint density at radius 1 is 0.769 bits per heavy atom.